The molecule has 2 N–H and O–H groups in total. The molecule has 0 aliphatic carbocycles. The number of rotatable bonds is 6. The Kier molecular flexibility index (Phi) is 5.87. The Morgan fingerprint density at radius 3 is 2.70 bits per heavy atom. The molecule has 2 heterocycles. The van der Waals surface area contributed by atoms with Crippen LogP contribution in [0, 0.1) is 17.0 Å². The summed E-state index contributed by atoms with van der Waals surface area (Å²) in [5, 5.41) is 21.5. The Morgan fingerprint density at radius 1 is 1.18 bits per heavy atom. The second kappa shape index (κ2) is 8.78. The number of sulfonamides is 1. The molecule has 12 nitrogen and oxygen atoms in total. The number of carbonyl (C=O) groups is 1. The highest BCUT2D eigenvalue weighted by molar-refractivity contribution is 7.90. The van der Waals surface area contributed by atoms with E-state index in [1.807, 2.05) is 0 Å². The molecule has 170 valence electrons. The van der Waals surface area contributed by atoms with Crippen LogP contribution in [-0.4, -0.2) is 46.6 Å². The molecule has 0 radical (unpaired) electrons. The second-order valence-corrected chi connectivity index (χ2v) is 8.91. The van der Waals surface area contributed by atoms with Gasteiger partial charge in [-0.25, -0.2) is 13.1 Å². The number of nitrogens with one attached hydrogen (secondary N) is 2. The van der Waals surface area contributed by atoms with Crippen molar-refractivity contribution >= 4 is 33.1 Å². The third kappa shape index (κ3) is 4.72. The zero-order chi connectivity index (χ0) is 23.6. The minimum absolute atomic E-state index is 0.00629. The zero-order valence-corrected chi connectivity index (χ0v) is 18.2. The van der Waals surface area contributed by atoms with E-state index < -0.39 is 20.9 Å². The van der Waals surface area contributed by atoms with E-state index in [-0.39, 0.29) is 22.0 Å². The summed E-state index contributed by atoms with van der Waals surface area (Å²) in [7, 11) is -3.84. The van der Waals surface area contributed by atoms with Crippen molar-refractivity contribution in [2.24, 2.45) is 4.99 Å². The molecule has 0 unspecified atom stereocenters. The third-order valence-electron chi connectivity index (χ3n) is 4.92. The number of aromatic nitrogens is 3. The molecule has 2 aromatic carbocycles. The van der Waals surface area contributed by atoms with Gasteiger partial charge in [-0.3, -0.25) is 24.6 Å². The fraction of sp³-hybridized carbons (Fsp3) is 0.200. The minimum Gasteiger partial charge on any atom is -0.320 e. The van der Waals surface area contributed by atoms with Gasteiger partial charge in [-0.15, -0.1) is 5.10 Å². The predicted molar refractivity (Wildman–Crippen MR) is 119 cm³/mol. The van der Waals surface area contributed by atoms with E-state index in [0.717, 1.165) is 6.42 Å². The van der Waals surface area contributed by atoms with Crippen LogP contribution in [-0.2, 0) is 10.0 Å². The van der Waals surface area contributed by atoms with E-state index in [0.29, 0.717) is 30.2 Å². The number of nitro benzene ring substituents is 1. The van der Waals surface area contributed by atoms with Crippen LogP contribution in [0.15, 0.2) is 58.4 Å². The van der Waals surface area contributed by atoms with Gasteiger partial charge in [-0.1, -0.05) is 17.3 Å². The summed E-state index contributed by atoms with van der Waals surface area (Å²) in [5.41, 5.74) is 0.859. The van der Waals surface area contributed by atoms with E-state index in [1.165, 1.54) is 41.1 Å². The van der Waals surface area contributed by atoms with E-state index in [2.05, 4.69) is 25.3 Å². The molecule has 13 heteroatoms. The Hall–Kier alpha value is -4.13. The van der Waals surface area contributed by atoms with Gasteiger partial charge < -0.3 is 5.32 Å². The number of non-ortho nitro benzene ring substituents is 1. The fourth-order valence-electron chi connectivity index (χ4n) is 3.29. The predicted octanol–water partition coefficient (Wildman–Crippen LogP) is 2.21. The SMILES string of the molecule is Cc1c(C(=O)Nc2cccc(S(=O)(=O)NC3=NCCC3)c2)nnn1-c1cccc([N+](=O)[O-])c1. The van der Waals surface area contributed by atoms with Crippen LogP contribution in [0.4, 0.5) is 11.4 Å². The molecule has 1 aliphatic rings. The fourth-order valence-corrected chi connectivity index (χ4v) is 4.43. The van der Waals surface area contributed by atoms with E-state index in [9.17, 15) is 23.3 Å². The summed E-state index contributed by atoms with van der Waals surface area (Å²) in [6, 6.07) is 11.6. The summed E-state index contributed by atoms with van der Waals surface area (Å²) in [4.78, 5) is 27.4. The highest BCUT2D eigenvalue weighted by Crippen LogP contribution is 2.20. The maximum atomic E-state index is 12.8. The molecule has 0 atom stereocenters. The largest absolute Gasteiger partial charge is 0.320 e. The number of hydrogen-bond acceptors (Lipinski definition) is 8. The van der Waals surface area contributed by atoms with E-state index >= 15 is 0 Å². The van der Waals surface area contributed by atoms with Crippen molar-refractivity contribution in [1.82, 2.24) is 19.7 Å². The first-order valence-electron chi connectivity index (χ1n) is 9.89. The minimum atomic E-state index is -3.84. The van der Waals surface area contributed by atoms with Gasteiger partial charge in [0.05, 0.1) is 21.2 Å². The molecular formula is C20H19N7O5S. The number of anilines is 1. The van der Waals surface area contributed by atoms with Gasteiger partial charge in [0.2, 0.25) is 0 Å². The van der Waals surface area contributed by atoms with Gasteiger partial charge in [0.1, 0.15) is 5.84 Å². The third-order valence-corrected chi connectivity index (χ3v) is 6.30. The quantitative estimate of drug-likeness (QED) is 0.413. The van der Waals surface area contributed by atoms with Gasteiger partial charge in [0, 0.05) is 30.8 Å². The van der Waals surface area contributed by atoms with E-state index in [4.69, 9.17) is 0 Å². The van der Waals surface area contributed by atoms with Gasteiger partial charge in [0.25, 0.3) is 21.6 Å². The zero-order valence-electron chi connectivity index (χ0n) is 17.4. The smallest absolute Gasteiger partial charge is 0.278 e. The van der Waals surface area contributed by atoms with Crippen molar-refractivity contribution in [3.63, 3.8) is 0 Å². The maximum Gasteiger partial charge on any atom is 0.278 e. The number of nitrogens with zero attached hydrogens (tertiary/aromatic N) is 5. The summed E-state index contributed by atoms with van der Waals surface area (Å²) >= 11 is 0. The number of amides is 1. The molecule has 0 saturated carbocycles. The first-order chi connectivity index (χ1) is 15.7. The molecule has 1 aliphatic heterocycles. The standard InChI is InChI=1S/C20H19N7O5S/c1-13-19(23-25-26(13)15-6-3-7-16(12-15)27(29)30)20(28)22-14-5-2-8-17(11-14)33(31,32)24-18-9-4-10-21-18/h2-3,5-8,11-12H,4,9-10H2,1H3,(H,21,24)(H,22,28). The van der Waals surface area contributed by atoms with Crippen molar-refractivity contribution in [3.05, 3.63) is 70.0 Å². The topological polar surface area (TPSA) is 161 Å². The van der Waals surface area contributed by atoms with Crippen molar-refractivity contribution < 1.29 is 18.1 Å². The molecular weight excluding hydrogens is 450 g/mol. The highest BCUT2D eigenvalue weighted by Gasteiger charge is 2.21. The average Bonchev–Trinajstić information content (AvgIpc) is 3.43. The molecule has 0 fully saturated rings. The van der Waals surface area contributed by atoms with Crippen molar-refractivity contribution in [2.75, 3.05) is 11.9 Å². The Morgan fingerprint density at radius 2 is 1.97 bits per heavy atom. The lowest BCUT2D eigenvalue weighted by Gasteiger charge is -2.10. The molecule has 0 spiro atoms. The summed E-state index contributed by atoms with van der Waals surface area (Å²) in [6.45, 7) is 2.19. The van der Waals surface area contributed by atoms with Gasteiger partial charge >= 0.3 is 0 Å². The Balaban J connectivity index is 1.54. The van der Waals surface area contributed by atoms with Crippen molar-refractivity contribution in [2.45, 2.75) is 24.7 Å². The van der Waals surface area contributed by atoms with Crippen LogP contribution in [0.2, 0.25) is 0 Å². The molecule has 1 amide bonds. The van der Waals surface area contributed by atoms with Gasteiger partial charge in [0.15, 0.2) is 5.69 Å². The average molecular weight is 469 g/mol. The van der Waals surface area contributed by atoms with Crippen LogP contribution in [0.25, 0.3) is 5.69 Å². The number of nitro groups is 1. The monoisotopic (exact) mass is 469 g/mol. The first kappa shape index (κ1) is 22.1. The lowest BCUT2D eigenvalue weighted by molar-refractivity contribution is -0.384. The van der Waals surface area contributed by atoms with Gasteiger partial charge in [-0.05, 0) is 37.6 Å². The van der Waals surface area contributed by atoms with Crippen LogP contribution < -0.4 is 10.0 Å². The molecule has 33 heavy (non-hydrogen) atoms. The number of carbonyl (C=O) groups excluding carboxylic acids is 1. The highest BCUT2D eigenvalue weighted by atomic mass is 32.2. The molecule has 4 rings (SSSR count). The van der Waals surface area contributed by atoms with E-state index in [1.54, 1.807) is 19.1 Å². The number of benzene rings is 2. The summed E-state index contributed by atoms with van der Waals surface area (Å²) < 4.78 is 29.0. The Labute approximate surface area is 188 Å². The molecule has 0 bridgehead atoms. The summed E-state index contributed by atoms with van der Waals surface area (Å²) in [6.07, 6.45) is 1.36. The van der Waals surface area contributed by atoms with Crippen molar-refractivity contribution in [3.8, 4) is 5.69 Å². The summed E-state index contributed by atoms with van der Waals surface area (Å²) in [5.74, 6) is -0.190. The van der Waals surface area contributed by atoms with Crippen LogP contribution in [0.5, 0.6) is 0 Å². The lowest BCUT2D eigenvalue weighted by Crippen LogP contribution is -2.29. The van der Waals surface area contributed by atoms with Crippen molar-refractivity contribution in [1.29, 1.82) is 0 Å². The van der Waals surface area contributed by atoms with Crippen LogP contribution >= 0.6 is 0 Å². The second-order valence-electron chi connectivity index (χ2n) is 7.23. The first-order valence-corrected chi connectivity index (χ1v) is 11.4. The molecule has 1 aromatic heterocycles. The van der Waals surface area contributed by atoms with Gasteiger partial charge in [-0.2, -0.15) is 0 Å². The number of amidine groups is 1. The number of hydrogen-bond donors (Lipinski definition) is 2. The lowest BCUT2D eigenvalue weighted by atomic mass is 10.2. The van der Waals surface area contributed by atoms with Crippen LogP contribution in [0.1, 0.15) is 29.0 Å². The molecule has 3 aromatic rings. The van der Waals surface area contributed by atoms with Crippen LogP contribution in [0.3, 0.4) is 0 Å². The Bertz CT molecular complexity index is 1380. The normalized spacial score (nSPS) is 13.4. The maximum absolute atomic E-state index is 12.8. The molecule has 0 saturated heterocycles. The number of aliphatic imine (C=N–C) groups is 1.